The van der Waals surface area contributed by atoms with Crippen molar-refractivity contribution in [2.45, 2.75) is 207 Å². The fourth-order valence-electron chi connectivity index (χ4n) is 12.1. The van der Waals surface area contributed by atoms with Crippen LogP contribution < -0.4 is 92.5 Å². The molecule has 27 N–H and O–H groups in total. The Balaban J connectivity index is 1.53. The molecule has 2 aromatic heterocycles. The molecule has 115 heavy (non-hydrogen) atoms. The van der Waals surface area contributed by atoms with Crippen LogP contribution in [0, 0.1) is 0 Å². The van der Waals surface area contributed by atoms with Crippen LogP contribution in [-0.2, 0) is 101 Å². The van der Waals surface area contributed by atoms with Gasteiger partial charge in [0, 0.05) is 89.1 Å². The van der Waals surface area contributed by atoms with Crippen molar-refractivity contribution in [2.24, 2.45) is 28.7 Å². The van der Waals surface area contributed by atoms with E-state index >= 15 is 24.0 Å². The van der Waals surface area contributed by atoms with Gasteiger partial charge in [-0.2, -0.15) is 25.3 Å². The Morgan fingerprint density at radius 1 is 0.470 bits per heavy atom. The van der Waals surface area contributed by atoms with Crippen LogP contribution in [0.15, 0.2) is 85.2 Å². The lowest BCUT2D eigenvalue weighted by atomic mass is 9.92. The summed E-state index contributed by atoms with van der Waals surface area (Å²) in [6, 6.07) is 1.66. The predicted molar refractivity (Wildman–Crippen MR) is 423 cm³/mol. The number of H-pyrrole nitrogens is 2. The number of aromatic nitrogens is 2. The summed E-state index contributed by atoms with van der Waals surface area (Å²) in [5, 5.41) is 61.9. The number of benzene rings is 3. The van der Waals surface area contributed by atoms with E-state index in [2.05, 4.69) is 99.0 Å². The number of fused-ring (bicyclic) bond motifs is 2. The molecule has 0 aliphatic heterocycles. The van der Waals surface area contributed by atoms with Crippen molar-refractivity contribution < 1.29 is 96.8 Å². The summed E-state index contributed by atoms with van der Waals surface area (Å²) >= 11 is 9.11. The number of hydrogen-bond donors (Lipinski definition) is 24. The molecule has 0 fully saturated rings. The van der Waals surface area contributed by atoms with Crippen LogP contribution in [0.4, 0.5) is 0 Å². The molecule has 5 aromatic rings. The van der Waals surface area contributed by atoms with Crippen LogP contribution in [0.25, 0.3) is 21.8 Å². The van der Waals surface area contributed by atoms with Gasteiger partial charge in [0.2, 0.25) is 94.5 Å². The fourth-order valence-corrected chi connectivity index (χ4v) is 12.4. The number of phenols is 1. The largest absolute Gasteiger partial charge is 0.508 e. The van der Waals surface area contributed by atoms with Gasteiger partial charge in [0.1, 0.15) is 71.7 Å². The van der Waals surface area contributed by atoms with Gasteiger partial charge in [-0.1, -0.05) is 48.5 Å². The molecule has 0 saturated heterocycles. The Morgan fingerprint density at radius 2 is 0.887 bits per heavy atom. The van der Waals surface area contributed by atoms with E-state index in [4.69, 9.17) is 28.7 Å². The van der Waals surface area contributed by atoms with E-state index in [1.165, 1.54) is 65.1 Å². The molecular formula is C74H103N19O20S2. The number of primary amides is 4. The zero-order chi connectivity index (χ0) is 86.0. The van der Waals surface area contributed by atoms with Crippen LogP contribution in [-0.4, -0.2) is 220 Å². The van der Waals surface area contributed by atoms with Crippen molar-refractivity contribution in [3.63, 3.8) is 0 Å². The second-order valence-electron chi connectivity index (χ2n) is 29.0. The van der Waals surface area contributed by atoms with Crippen LogP contribution in [0.1, 0.15) is 123 Å². The quantitative estimate of drug-likeness (QED) is 0.0163. The van der Waals surface area contributed by atoms with Gasteiger partial charge < -0.3 is 118 Å². The number of carboxylic acid groups (broad SMARTS) is 1. The Bertz CT molecular complexity index is 4390. The Labute approximate surface area is 671 Å². The first-order valence-electron chi connectivity index (χ1n) is 36.5. The van der Waals surface area contributed by atoms with E-state index in [1.54, 1.807) is 54.7 Å². The Kier molecular flexibility index (Phi) is 34.9. The zero-order valence-corrected chi connectivity index (χ0v) is 66.2. The first kappa shape index (κ1) is 93.7. The first-order valence-corrected chi connectivity index (χ1v) is 37.4. The number of nitrogens with two attached hydrogens (primary N) is 5. The smallest absolute Gasteiger partial charge is 0.303 e. The molecule has 39 nitrogen and oxygen atoms in total. The molecule has 0 radical (unpaired) electrons. The first-order chi connectivity index (χ1) is 53.8. The normalized spacial score (nSPS) is 14.8. The highest BCUT2D eigenvalue weighted by Crippen LogP contribution is 2.25. The lowest BCUT2D eigenvalue weighted by molar-refractivity contribution is -0.140. The van der Waals surface area contributed by atoms with Gasteiger partial charge in [-0.05, 0) is 121 Å². The fraction of sp³-hybridized carbons (Fsp3) is 0.473. The van der Waals surface area contributed by atoms with Crippen LogP contribution in [0.2, 0.25) is 0 Å². The molecule has 16 amide bonds. The number of carbonyl (C=O) groups is 17. The number of aliphatic carboxylic acids is 1. The number of carboxylic acids is 1. The van der Waals surface area contributed by atoms with Gasteiger partial charge in [0.15, 0.2) is 0 Å². The third kappa shape index (κ3) is 29.6. The average Bonchev–Trinajstić information content (AvgIpc) is 1.74. The van der Waals surface area contributed by atoms with Crippen molar-refractivity contribution in [3.8, 4) is 5.75 Å². The Hall–Kier alpha value is -11.8. The minimum Gasteiger partial charge on any atom is -0.508 e. The van der Waals surface area contributed by atoms with E-state index in [-0.39, 0.29) is 38.0 Å². The van der Waals surface area contributed by atoms with Gasteiger partial charge in [0.25, 0.3) is 0 Å². The third-order valence-corrected chi connectivity index (χ3v) is 18.8. The number of rotatable bonds is 47. The van der Waals surface area contributed by atoms with Gasteiger partial charge in [-0.25, -0.2) is 0 Å². The van der Waals surface area contributed by atoms with Crippen LogP contribution >= 0.6 is 25.3 Å². The number of hydrogen-bond acceptors (Lipinski definition) is 22. The van der Waals surface area contributed by atoms with Crippen molar-refractivity contribution in [2.75, 3.05) is 13.1 Å². The monoisotopic (exact) mass is 1640 g/mol. The molecule has 41 heteroatoms. The summed E-state index contributed by atoms with van der Waals surface area (Å²) in [5.74, 6) is -18.5. The highest BCUT2D eigenvalue weighted by atomic mass is 32.1. The highest BCUT2D eigenvalue weighted by Gasteiger charge is 2.44. The summed E-state index contributed by atoms with van der Waals surface area (Å²) in [4.78, 5) is 239. The number of phenolic OH excluding ortho intramolecular Hbond substituents is 1. The van der Waals surface area contributed by atoms with Crippen molar-refractivity contribution in [1.82, 2.24) is 73.8 Å². The number of thiol groups is 2. The van der Waals surface area contributed by atoms with E-state index in [0.29, 0.717) is 38.5 Å². The summed E-state index contributed by atoms with van der Waals surface area (Å²) in [5.41, 5.74) is 27.7. The molecule has 0 unspecified atom stereocenters. The SMILES string of the molecule is CC(=O)N[C@H](C(=O)N[C@@H](CCC(N)=O)C(=O)N[C@H](C(=O)N[C@@H](Cc1c[nH]c2ccccc12)C(=O)N[C@@H](CCC(N)=O)C(=O)N[C@H](C(=O)N[C@@H](Cc1ccc(O)cc1)C(=O)N[C@@H](Cc1c[nH]c2ccccc12)C(=O)N[C@@](C)(CCCN)C(=O)N[C@@H](CCC(=O)O)C(=O)N[C@@H](CC(N)=O)C(=O)NCC(N)=O)C(C)(C)S)[C@@H](C)O)C(C)(C)S. The molecule has 0 saturated carbocycles. The van der Waals surface area contributed by atoms with Crippen LogP contribution in [0.3, 0.4) is 0 Å². The average molecular weight is 1640 g/mol. The minimum absolute atomic E-state index is 0.00365. The number of para-hydroxylation sites is 2. The second kappa shape index (κ2) is 42.9. The van der Waals surface area contributed by atoms with Crippen molar-refractivity contribution in [3.05, 3.63) is 102 Å². The maximum atomic E-state index is 15.3. The standard InChI is InChI=1S/C74H103N19O20S2/c1-36(94)58(91-63(105)46(21-24-53(76)97)85-69(111)59(72(3,4)114)83-37(2)95)68(110)88-50(30-39-33-80-44-15-10-8-13-42(39)44)66(108)84-47(22-25-54(77)98)64(106)92-60(73(5,6)115)70(112)89-49(29-38-17-19-41(96)20-18-38)65(107)86-51(31-40-34-81-45-16-11-9-14-43(40)45)67(109)93-74(7,27-12-28-75)71(113)90-48(23-26-57(101)102)62(104)87-52(32-55(78)99)61(103)82-35-56(79)100/h8-11,13-20,33-34,36,46-52,58-60,80-81,94,96,114-115H,12,21-32,35,75H2,1-7H3,(H2,76,97)(H2,77,98)(H2,78,99)(H2,79,100)(H,82,103)(H,83,95)(H,84,108)(H,85,111)(H,86,107)(H,87,104)(H,88,110)(H,89,112)(H,90,113)(H,91,105)(H,92,106)(H,93,109)(H,101,102)/t36-,46+,47+,48+,49+,50+,51+,52+,58+,59-,60-,74+/m1/s1. The number of aliphatic hydroxyl groups excluding tert-OH is 1. The summed E-state index contributed by atoms with van der Waals surface area (Å²) in [6.45, 7) is 8.46. The lowest BCUT2D eigenvalue weighted by Crippen LogP contribution is -2.65. The van der Waals surface area contributed by atoms with Gasteiger partial charge >= 0.3 is 5.97 Å². The van der Waals surface area contributed by atoms with Crippen molar-refractivity contribution >= 4 is 148 Å². The molecular weight excluding hydrogens is 1540 g/mol. The number of aliphatic hydroxyl groups is 1. The van der Waals surface area contributed by atoms with E-state index in [1.807, 2.05) is 0 Å². The van der Waals surface area contributed by atoms with Crippen LogP contribution in [0.5, 0.6) is 5.75 Å². The highest BCUT2D eigenvalue weighted by molar-refractivity contribution is 7.82. The van der Waals surface area contributed by atoms with E-state index < -0.39 is 240 Å². The zero-order valence-electron chi connectivity index (χ0n) is 64.4. The molecule has 0 spiro atoms. The second-order valence-corrected chi connectivity index (χ2v) is 31.3. The topological polar surface area (TPSA) is 657 Å². The number of aromatic amines is 2. The Morgan fingerprint density at radius 3 is 1.36 bits per heavy atom. The number of aromatic hydroxyl groups is 1. The van der Waals surface area contributed by atoms with Crippen molar-refractivity contribution in [1.29, 1.82) is 0 Å². The maximum absolute atomic E-state index is 15.3. The van der Waals surface area contributed by atoms with Gasteiger partial charge in [-0.15, -0.1) is 0 Å². The molecule has 2 heterocycles. The van der Waals surface area contributed by atoms with E-state index in [9.17, 15) is 72.9 Å². The van der Waals surface area contributed by atoms with Gasteiger partial charge in [-0.3, -0.25) is 81.5 Å². The molecule has 0 aliphatic carbocycles. The maximum Gasteiger partial charge on any atom is 0.303 e. The molecule has 5 rings (SSSR count). The lowest BCUT2D eigenvalue weighted by Gasteiger charge is -2.34. The molecule has 0 aliphatic rings. The molecule has 0 bridgehead atoms. The van der Waals surface area contributed by atoms with Gasteiger partial charge in [0.05, 0.1) is 19.1 Å². The molecule has 3 aromatic carbocycles. The minimum atomic E-state index is -2.10. The number of amides is 16. The molecule has 626 valence electrons. The summed E-state index contributed by atoms with van der Waals surface area (Å²) < 4.78 is -2.86. The van der Waals surface area contributed by atoms with E-state index in [0.717, 1.165) is 13.8 Å². The predicted octanol–water partition coefficient (Wildman–Crippen LogP) is -4.47. The molecule has 12 atom stereocenters. The number of carbonyl (C=O) groups excluding carboxylic acids is 16. The number of nitrogens with one attached hydrogen (secondary N) is 14. The third-order valence-electron chi connectivity index (χ3n) is 18.3. The summed E-state index contributed by atoms with van der Waals surface area (Å²) in [7, 11) is 0. The summed E-state index contributed by atoms with van der Waals surface area (Å²) in [6.07, 6.45) is -4.46.